The van der Waals surface area contributed by atoms with Gasteiger partial charge in [0.05, 0.1) is 22.8 Å². The number of carbonyl (C=O) groups excluding carboxylic acids is 2. The van der Waals surface area contributed by atoms with Gasteiger partial charge in [0.15, 0.2) is 0 Å². The Morgan fingerprint density at radius 1 is 1.10 bits per heavy atom. The summed E-state index contributed by atoms with van der Waals surface area (Å²) >= 11 is 7.02. The minimum absolute atomic E-state index is 0.00346. The Hall–Kier alpha value is -4.11. The van der Waals surface area contributed by atoms with Crippen molar-refractivity contribution < 1.29 is 9.59 Å². The molecule has 2 aromatic carbocycles. The Morgan fingerprint density at radius 3 is 2.48 bits per heavy atom. The quantitative estimate of drug-likeness (QED) is 0.324. The van der Waals surface area contributed by atoms with Gasteiger partial charge in [0.2, 0.25) is 5.91 Å². The second-order valence-corrected chi connectivity index (χ2v) is 11.0. The molecule has 0 atom stereocenters. The van der Waals surface area contributed by atoms with E-state index in [0.717, 1.165) is 63.1 Å². The van der Waals surface area contributed by atoms with Gasteiger partial charge in [-0.05, 0) is 56.5 Å². The molecule has 4 heterocycles. The van der Waals surface area contributed by atoms with E-state index in [-0.39, 0.29) is 18.0 Å². The molecule has 0 unspecified atom stereocenters. The number of benzene rings is 2. The molecule has 1 N–H and O–H groups in total. The van der Waals surface area contributed by atoms with Crippen molar-refractivity contribution in [3.8, 4) is 22.4 Å². The first-order valence-corrected chi connectivity index (χ1v) is 13.9. The highest BCUT2D eigenvalue weighted by Gasteiger charge is 2.30. The number of piperidine rings is 1. The number of urea groups is 1. The maximum atomic E-state index is 12.6. The molecule has 0 aliphatic carbocycles. The van der Waals surface area contributed by atoms with E-state index < -0.39 is 0 Å². The number of fused-ring (bicyclic) bond motifs is 1. The van der Waals surface area contributed by atoms with E-state index in [1.165, 1.54) is 6.08 Å². The summed E-state index contributed by atoms with van der Waals surface area (Å²) in [7, 11) is 1.82. The lowest BCUT2D eigenvalue weighted by Gasteiger charge is -2.32. The molecule has 0 bridgehead atoms. The third-order valence-electron chi connectivity index (χ3n) is 8.23. The van der Waals surface area contributed by atoms with Crippen molar-refractivity contribution >= 4 is 40.1 Å². The number of nitrogens with zero attached hydrogens (tertiary/aromatic N) is 6. The predicted octanol–water partition coefficient (Wildman–Crippen LogP) is 5.58. The SMILES string of the molecule is C=CC(=O)N1CCC(n2nc(-c3ccc(N4CCN(C)C4=O)cc3)c(-c3c(Cl)c(C)cc4[nH]ncc34)c2C)CC1. The molecule has 206 valence electrons. The van der Waals surface area contributed by atoms with E-state index in [1.807, 2.05) is 55.4 Å². The number of rotatable bonds is 5. The monoisotopic (exact) mass is 557 g/mol. The van der Waals surface area contributed by atoms with Crippen molar-refractivity contribution in [2.24, 2.45) is 0 Å². The van der Waals surface area contributed by atoms with Crippen molar-refractivity contribution in [2.45, 2.75) is 32.7 Å². The summed E-state index contributed by atoms with van der Waals surface area (Å²) < 4.78 is 2.11. The van der Waals surface area contributed by atoms with Gasteiger partial charge in [-0.2, -0.15) is 10.2 Å². The van der Waals surface area contributed by atoms with Crippen LogP contribution in [0.25, 0.3) is 33.3 Å². The smallest absolute Gasteiger partial charge is 0.324 e. The average molecular weight is 558 g/mol. The van der Waals surface area contributed by atoms with Crippen molar-refractivity contribution in [2.75, 3.05) is 38.1 Å². The highest BCUT2D eigenvalue weighted by atomic mass is 35.5. The topological polar surface area (TPSA) is 90.4 Å². The number of likely N-dealkylation sites (tertiary alicyclic amines) is 1. The maximum absolute atomic E-state index is 12.6. The van der Waals surface area contributed by atoms with Crippen LogP contribution in [0.1, 0.15) is 30.1 Å². The molecule has 0 saturated carbocycles. The number of hydrogen-bond donors (Lipinski definition) is 1. The van der Waals surface area contributed by atoms with Gasteiger partial charge >= 0.3 is 6.03 Å². The third kappa shape index (κ3) is 4.25. The molecule has 3 amide bonds. The van der Waals surface area contributed by atoms with Crippen LogP contribution in [0.2, 0.25) is 5.02 Å². The van der Waals surface area contributed by atoms with Crippen LogP contribution in [0.5, 0.6) is 0 Å². The van der Waals surface area contributed by atoms with Gasteiger partial charge in [0, 0.05) is 66.7 Å². The van der Waals surface area contributed by atoms with Crippen LogP contribution in [0.15, 0.2) is 49.2 Å². The Labute approximate surface area is 238 Å². The molecule has 10 heteroatoms. The maximum Gasteiger partial charge on any atom is 0.324 e. The molecule has 0 radical (unpaired) electrons. The van der Waals surface area contributed by atoms with E-state index in [0.29, 0.717) is 31.2 Å². The van der Waals surface area contributed by atoms with Crippen LogP contribution >= 0.6 is 11.6 Å². The number of amides is 3. The zero-order chi connectivity index (χ0) is 28.1. The molecule has 0 spiro atoms. The lowest BCUT2D eigenvalue weighted by Crippen LogP contribution is -2.38. The van der Waals surface area contributed by atoms with E-state index in [9.17, 15) is 9.59 Å². The largest absolute Gasteiger partial charge is 0.339 e. The van der Waals surface area contributed by atoms with Gasteiger partial charge in [0.25, 0.3) is 0 Å². The first kappa shape index (κ1) is 26.1. The molecule has 9 nitrogen and oxygen atoms in total. The number of nitrogens with one attached hydrogen (secondary N) is 1. The van der Waals surface area contributed by atoms with Gasteiger partial charge in [-0.15, -0.1) is 0 Å². The molecule has 2 aliphatic rings. The normalized spacial score (nSPS) is 16.4. The number of likely N-dealkylation sites (N-methyl/N-ethyl adjacent to an activating group) is 1. The molecular formula is C30H32ClN7O2. The molecule has 2 fully saturated rings. The second kappa shape index (κ2) is 10.1. The van der Waals surface area contributed by atoms with Crippen molar-refractivity contribution in [3.05, 3.63) is 65.5 Å². The van der Waals surface area contributed by atoms with Gasteiger partial charge in [0.1, 0.15) is 5.69 Å². The first-order valence-electron chi connectivity index (χ1n) is 13.5. The zero-order valence-corrected chi connectivity index (χ0v) is 23.7. The van der Waals surface area contributed by atoms with E-state index in [1.54, 1.807) is 9.80 Å². The zero-order valence-electron chi connectivity index (χ0n) is 22.9. The summed E-state index contributed by atoms with van der Waals surface area (Å²) in [4.78, 5) is 30.1. The summed E-state index contributed by atoms with van der Waals surface area (Å²) in [5.74, 6) is -0.0336. The Morgan fingerprint density at radius 2 is 1.82 bits per heavy atom. The lowest BCUT2D eigenvalue weighted by molar-refractivity contribution is -0.127. The second-order valence-electron chi connectivity index (χ2n) is 10.6. The van der Waals surface area contributed by atoms with Gasteiger partial charge in [-0.3, -0.25) is 19.5 Å². The fraction of sp³-hybridized carbons (Fsp3) is 0.333. The van der Waals surface area contributed by atoms with Crippen LogP contribution in [-0.4, -0.2) is 74.9 Å². The van der Waals surface area contributed by atoms with Gasteiger partial charge in [-0.1, -0.05) is 30.3 Å². The first-order chi connectivity index (χ1) is 19.3. The molecule has 4 aromatic rings. The fourth-order valence-electron chi connectivity index (χ4n) is 5.97. The van der Waals surface area contributed by atoms with Crippen LogP contribution in [0.4, 0.5) is 10.5 Å². The number of aromatic amines is 1. The number of aromatic nitrogens is 4. The summed E-state index contributed by atoms with van der Waals surface area (Å²) in [5, 5.41) is 14.2. The standard InChI is InChI=1S/C30H32ClN7O2/c1-5-25(39)36-12-10-22(11-13-36)38-19(3)26(27-23-17-32-33-24(23)16-18(2)28(27)31)29(34-38)20-6-8-21(9-7-20)37-15-14-35(4)30(37)40/h5-9,16-17,22H,1,10-15H2,2-4H3,(H,32,33). The average Bonchev–Trinajstić information content (AvgIpc) is 3.67. The number of hydrogen-bond acceptors (Lipinski definition) is 4. The minimum Gasteiger partial charge on any atom is -0.339 e. The lowest BCUT2D eigenvalue weighted by atomic mass is 9.94. The molecule has 2 aromatic heterocycles. The van der Waals surface area contributed by atoms with Crippen LogP contribution in [0.3, 0.4) is 0 Å². The Bertz CT molecular complexity index is 1630. The molecule has 40 heavy (non-hydrogen) atoms. The summed E-state index contributed by atoms with van der Waals surface area (Å²) in [6.45, 7) is 10.4. The van der Waals surface area contributed by atoms with Crippen molar-refractivity contribution in [1.29, 1.82) is 0 Å². The summed E-state index contributed by atoms with van der Waals surface area (Å²) in [6, 6.07) is 10.2. The van der Waals surface area contributed by atoms with Gasteiger partial charge in [-0.25, -0.2) is 4.79 Å². The number of halogens is 1. The van der Waals surface area contributed by atoms with Crippen molar-refractivity contribution in [3.63, 3.8) is 0 Å². The van der Waals surface area contributed by atoms with E-state index in [2.05, 4.69) is 28.4 Å². The number of carbonyl (C=O) groups is 2. The Kier molecular flexibility index (Phi) is 6.62. The third-order valence-corrected chi connectivity index (χ3v) is 8.72. The minimum atomic E-state index is -0.0336. The Balaban J connectivity index is 1.46. The summed E-state index contributed by atoms with van der Waals surface area (Å²) in [5.41, 5.74) is 7.38. The summed E-state index contributed by atoms with van der Waals surface area (Å²) in [6.07, 6.45) is 4.79. The highest BCUT2D eigenvalue weighted by molar-refractivity contribution is 6.36. The molecule has 2 saturated heterocycles. The van der Waals surface area contributed by atoms with E-state index in [4.69, 9.17) is 16.7 Å². The van der Waals surface area contributed by atoms with Crippen LogP contribution in [0, 0.1) is 13.8 Å². The van der Waals surface area contributed by atoms with Gasteiger partial charge < -0.3 is 9.80 Å². The van der Waals surface area contributed by atoms with E-state index >= 15 is 0 Å². The molecule has 2 aliphatic heterocycles. The number of anilines is 1. The van der Waals surface area contributed by atoms with Crippen LogP contribution in [-0.2, 0) is 4.79 Å². The predicted molar refractivity (Wildman–Crippen MR) is 158 cm³/mol. The highest BCUT2D eigenvalue weighted by Crippen LogP contribution is 2.44. The number of aryl methyl sites for hydroxylation is 1. The van der Waals surface area contributed by atoms with Crippen molar-refractivity contribution in [1.82, 2.24) is 29.8 Å². The number of H-pyrrole nitrogens is 1. The fourth-order valence-corrected chi connectivity index (χ4v) is 6.22. The molecule has 6 rings (SSSR count). The van der Waals surface area contributed by atoms with Crippen LogP contribution < -0.4 is 4.90 Å². The molecular weight excluding hydrogens is 526 g/mol.